The van der Waals surface area contributed by atoms with Gasteiger partial charge in [-0.05, 0) is 136 Å². The third-order valence-corrected chi connectivity index (χ3v) is 13.0. The number of halogens is 1. The molecule has 2 aliphatic heterocycles. The fourth-order valence-corrected chi connectivity index (χ4v) is 9.60. The Morgan fingerprint density at radius 2 is 1.66 bits per heavy atom. The quantitative estimate of drug-likeness (QED) is 0.112. The van der Waals surface area contributed by atoms with E-state index in [0.29, 0.717) is 53.6 Å². The molecule has 3 heterocycles. The summed E-state index contributed by atoms with van der Waals surface area (Å²) in [5.41, 5.74) is 7.76. The SMILES string of the molecule is Cc1c(COc2cc(OCc3cncc(C#N)c3)c(CN3CCCC[C@H]3C(=O)O)cc2Cl)cccc1-c1cccc(OCCCN2CCCC3(CCC(O)CC3)C2)c1C. The van der Waals surface area contributed by atoms with Crippen molar-refractivity contribution in [3.63, 3.8) is 0 Å². The number of aliphatic carboxylic acids is 1. The van der Waals surface area contributed by atoms with Crippen LogP contribution in [0.25, 0.3) is 11.1 Å². The third-order valence-electron chi connectivity index (χ3n) is 12.7. The minimum atomic E-state index is -0.830. The highest BCUT2D eigenvalue weighted by atomic mass is 35.5. The van der Waals surface area contributed by atoms with Crippen LogP contribution in [0.15, 0.2) is 67.0 Å². The zero-order valence-corrected chi connectivity index (χ0v) is 35.2. The number of hydrogen-bond acceptors (Lipinski definition) is 9. The van der Waals surface area contributed by atoms with Crippen molar-refractivity contribution in [1.29, 1.82) is 5.26 Å². The Morgan fingerprint density at radius 3 is 2.46 bits per heavy atom. The van der Waals surface area contributed by atoms with Gasteiger partial charge in [-0.15, -0.1) is 0 Å². The number of rotatable bonds is 15. The molecular formula is C48H57ClN4O6. The molecule has 2 N–H and O–H groups in total. The van der Waals surface area contributed by atoms with Crippen LogP contribution < -0.4 is 14.2 Å². The lowest BCUT2D eigenvalue weighted by Crippen LogP contribution is -2.46. The van der Waals surface area contributed by atoms with E-state index in [4.69, 9.17) is 25.8 Å². The van der Waals surface area contributed by atoms with Crippen LogP contribution in [-0.4, -0.2) is 75.9 Å². The topological polar surface area (TPSA) is 128 Å². The van der Waals surface area contributed by atoms with E-state index in [0.717, 1.165) is 109 Å². The zero-order chi connectivity index (χ0) is 41.4. The van der Waals surface area contributed by atoms with Crippen molar-refractivity contribution < 1.29 is 29.2 Å². The second-order valence-corrected chi connectivity index (χ2v) is 17.2. The Morgan fingerprint density at radius 1 is 0.881 bits per heavy atom. The van der Waals surface area contributed by atoms with E-state index in [9.17, 15) is 20.3 Å². The summed E-state index contributed by atoms with van der Waals surface area (Å²) < 4.78 is 19.2. The molecule has 0 bridgehead atoms. The van der Waals surface area contributed by atoms with E-state index < -0.39 is 12.0 Å². The number of piperidine rings is 2. The summed E-state index contributed by atoms with van der Waals surface area (Å²) in [4.78, 5) is 20.9. The molecule has 2 saturated heterocycles. The van der Waals surface area contributed by atoms with Gasteiger partial charge >= 0.3 is 5.97 Å². The van der Waals surface area contributed by atoms with Crippen LogP contribution in [0, 0.1) is 30.6 Å². The number of benzene rings is 3. The number of aliphatic hydroxyl groups excluding tert-OH is 1. The van der Waals surface area contributed by atoms with E-state index in [1.165, 1.54) is 19.0 Å². The minimum absolute atomic E-state index is 0.112. The van der Waals surface area contributed by atoms with Crippen molar-refractivity contribution >= 4 is 17.6 Å². The number of carbonyl (C=O) groups is 1. The molecule has 10 nitrogen and oxygen atoms in total. The predicted octanol–water partition coefficient (Wildman–Crippen LogP) is 9.27. The highest BCUT2D eigenvalue weighted by molar-refractivity contribution is 6.32. The summed E-state index contributed by atoms with van der Waals surface area (Å²) in [7, 11) is 0. The van der Waals surface area contributed by atoms with Crippen molar-refractivity contribution in [1.82, 2.24) is 14.8 Å². The number of nitrogens with zero attached hydrogens (tertiary/aromatic N) is 4. The van der Waals surface area contributed by atoms with Gasteiger partial charge < -0.3 is 29.3 Å². The van der Waals surface area contributed by atoms with Crippen molar-refractivity contribution in [3.05, 3.63) is 105 Å². The summed E-state index contributed by atoms with van der Waals surface area (Å²) >= 11 is 6.89. The molecule has 1 aromatic heterocycles. The second kappa shape index (κ2) is 19.6. The third kappa shape index (κ3) is 10.6. The second-order valence-electron chi connectivity index (χ2n) is 16.8. The molecule has 1 spiro atoms. The molecule has 0 unspecified atom stereocenters. The Bertz CT molecular complexity index is 2130. The van der Waals surface area contributed by atoms with Gasteiger partial charge in [0.25, 0.3) is 0 Å². The lowest BCUT2D eigenvalue weighted by Gasteiger charge is -2.46. The zero-order valence-electron chi connectivity index (χ0n) is 34.4. The van der Waals surface area contributed by atoms with Gasteiger partial charge in [0.15, 0.2) is 0 Å². The van der Waals surface area contributed by atoms with E-state index in [1.807, 2.05) is 17.0 Å². The molecular weight excluding hydrogens is 764 g/mol. The van der Waals surface area contributed by atoms with Gasteiger partial charge in [-0.25, -0.2) is 0 Å². The molecule has 3 aliphatic rings. The van der Waals surface area contributed by atoms with E-state index in [1.54, 1.807) is 18.3 Å². The molecule has 3 aromatic carbocycles. The van der Waals surface area contributed by atoms with Crippen LogP contribution in [0.4, 0.5) is 0 Å². The molecule has 1 atom stereocenters. The number of nitriles is 1. The maximum Gasteiger partial charge on any atom is 0.320 e. The number of carboxylic acid groups (broad SMARTS) is 1. The average molecular weight is 821 g/mol. The van der Waals surface area contributed by atoms with Crippen LogP contribution >= 0.6 is 11.6 Å². The Balaban J connectivity index is 1.02. The van der Waals surface area contributed by atoms with Crippen LogP contribution in [0.5, 0.6) is 17.2 Å². The minimum Gasteiger partial charge on any atom is -0.493 e. The van der Waals surface area contributed by atoms with Crippen LogP contribution in [-0.2, 0) is 24.6 Å². The van der Waals surface area contributed by atoms with Crippen LogP contribution in [0.2, 0.25) is 5.02 Å². The first-order chi connectivity index (χ1) is 28.6. The Labute approximate surface area is 353 Å². The maximum absolute atomic E-state index is 12.1. The van der Waals surface area contributed by atoms with Gasteiger partial charge in [-0.3, -0.25) is 14.7 Å². The molecule has 11 heteroatoms. The van der Waals surface area contributed by atoms with Crippen molar-refractivity contribution in [2.24, 2.45) is 5.41 Å². The molecule has 3 fully saturated rings. The number of aliphatic hydroxyl groups is 1. The van der Waals surface area contributed by atoms with Crippen molar-refractivity contribution in [2.45, 2.75) is 110 Å². The fourth-order valence-electron chi connectivity index (χ4n) is 9.36. The van der Waals surface area contributed by atoms with Crippen molar-refractivity contribution in [3.8, 4) is 34.4 Å². The van der Waals surface area contributed by atoms with Gasteiger partial charge in [0, 0.05) is 49.2 Å². The lowest BCUT2D eigenvalue weighted by molar-refractivity contribution is -0.144. The summed E-state index contributed by atoms with van der Waals surface area (Å²) in [6, 6.07) is 19.4. The normalized spacial score (nSPS) is 21.2. The largest absolute Gasteiger partial charge is 0.493 e. The van der Waals surface area contributed by atoms with Gasteiger partial charge in [-0.1, -0.05) is 48.4 Å². The Hall–Kier alpha value is -4.66. The monoisotopic (exact) mass is 820 g/mol. The number of aromatic nitrogens is 1. The number of carboxylic acids is 1. The summed E-state index contributed by atoms with van der Waals surface area (Å²) in [5, 5.41) is 29.8. The molecule has 4 aromatic rings. The van der Waals surface area contributed by atoms with Gasteiger partial charge in [0.05, 0.1) is 23.3 Å². The Kier molecular flexibility index (Phi) is 14.1. The highest BCUT2D eigenvalue weighted by Gasteiger charge is 2.38. The van der Waals surface area contributed by atoms with Gasteiger partial charge in [-0.2, -0.15) is 5.26 Å². The molecule has 59 heavy (non-hydrogen) atoms. The molecule has 1 saturated carbocycles. The van der Waals surface area contributed by atoms with E-state index >= 15 is 0 Å². The van der Waals surface area contributed by atoms with Crippen LogP contribution in [0.3, 0.4) is 0 Å². The molecule has 7 rings (SSSR count). The summed E-state index contributed by atoms with van der Waals surface area (Å²) in [6.07, 6.45) is 13.1. The standard InChI is InChI=1S/C48H57ClN4O6/c1-33-37(9-5-10-40(33)41-11-6-13-44(34(41)2)57-22-8-20-52-19-7-16-48(32-52)17-14-39(54)15-18-48)31-59-46-25-45(58-30-36-23-35(26-50)27-51-28-36)38(24-42(46)49)29-53-21-4-3-12-43(53)47(55)56/h5-6,9-11,13,23-25,27-28,39,43,54H,3-4,7-8,12,14-22,29-32H2,1-2H3,(H,55,56)/t39?,43-,48?/m0/s1. The lowest BCUT2D eigenvalue weighted by atomic mass is 9.68. The summed E-state index contributed by atoms with van der Waals surface area (Å²) in [5.74, 6) is 1.05. The number of pyridine rings is 1. The van der Waals surface area contributed by atoms with Crippen molar-refractivity contribution in [2.75, 3.05) is 32.8 Å². The number of likely N-dealkylation sites (tertiary alicyclic amines) is 2. The molecule has 0 amide bonds. The average Bonchev–Trinajstić information content (AvgIpc) is 3.24. The maximum atomic E-state index is 12.1. The van der Waals surface area contributed by atoms with E-state index in [-0.39, 0.29) is 19.3 Å². The first-order valence-corrected chi connectivity index (χ1v) is 21.6. The van der Waals surface area contributed by atoms with Gasteiger partial charge in [0.1, 0.15) is 42.6 Å². The first-order valence-electron chi connectivity index (χ1n) is 21.2. The smallest absolute Gasteiger partial charge is 0.320 e. The molecule has 1 aliphatic carbocycles. The fraction of sp³-hybridized carbons (Fsp3) is 0.479. The number of hydrogen-bond donors (Lipinski definition) is 2. The molecule has 312 valence electrons. The van der Waals surface area contributed by atoms with Crippen LogP contribution in [0.1, 0.15) is 97.6 Å². The predicted molar refractivity (Wildman–Crippen MR) is 229 cm³/mol. The van der Waals surface area contributed by atoms with E-state index in [2.05, 4.69) is 60.1 Å². The van der Waals surface area contributed by atoms with Gasteiger partial charge in [0.2, 0.25) is 0 Å². The summed E-state index contributed by atoms with van der Waals surface area (Å²) in [6.45, 7) is 9.67. The molecule has 0 radical (unpaired) electrons. The highest BCUT2D eigenvalue weighted by Crippen LogP contribution is 2.43. The first kappa shape index (κ1) is 42.5. The number of ether oxygens (including phenoxy) is 3.